The molecule has 1 N–H and O–H groups in total. The van der Waals surface area contributed by atoms with Crippen LogP contribution in [0.1, 0.15) is 11.4 Å². The van der Waals surface area contributed by atoms with Gasteiger partial charge in [0.25, 0.3) is 0 Å². The molecule has 0 radical (unpaired) electrons. The Labute approximate surface area is 116 Å². The largest absolute Gasteiger partial charge is 0.351 e. The molecule has 19 heavy (non-hydrogen) atoms. The second-order valence-corrected chi connectivity index (χ2v) is 4.99. The zero-order chi connectivity index (χ0) is 13.7. The zero-order valence-corrected chi connectivity index (χ0v) is 11.8. The van der Waals surface area contributed by atoms with E-state index in [9.17, 15) is 4.79 Å². The van der Waals surface area contributed by atoms with Crippen molar-refractivity contribution in [3.05, 3.63) is 41.7 Å². The maximum Gasteiger partial charge on any atom is 0.241 e. The molecule has 2 aromatic rings. The molecule has 1 amide bonds. The molecule has 0 fully saturated rings. The molecule has 1 heterocycles. The number of aromatic nitrogens is 2. The summed E-state index contributed by atoms with van der Waals surface area (Å²) in [4.78, 5) is 17.8. The second kappa shape index (κ2) is 6.29. The number of rotatable bonds is 5. The van der Waals surface area contributed by atoms with Gasteiger partial charge in [-0.1, -0.05) is 30.3 Å². The van der Waals surface area contributed by atoms with Gasteiger partial charge >= 0.3 is 0 Å². The molecule has 0 atom stereocenters. The number of carbonyl (C=O) groups excluding carboxylic acids is 1. The van der Waals surface area contributed by atoms with Crippen molar-refractivity contribution in [1.29, 1.82) is 0 Å². The highest BCUT2D eigenvalue weighted by Gasteiger charge is 2.10. The van der Waals surface area contributed by atoms with Crippen molar-refractivity contribution in [2.45, 2.75) is 13.5 Å². The Bertz CT molecular complexity index is 541. The van der Waals surface area contributed by atoms with Crippen LogP contribution in [0.2, 0.25) is 0 Å². The highest BCUT2D eigenvalue weighted by Crippen LogP contribution is 2.09. The molecular weight excluding hydrogens is 260 g/mol. The second-order valence-electron chi connectivity index (χ2n) is 4.24. The standard InChI is InChI=1S/C13H16N4OS/c1-10-15-13(19-16-10)14-8-12(18)17(2)9-11-6-4-3-5-7-11/h3-7H,8-9H2,1-2H3,(H,14,15,16). The summed E-state index contributed by atoms with van der Waals surface area (Å²) in [5, 5.41) is 3.67. The minimum absolute atomic E-state index is 0.0247. The van der Waals surface area contributed by atoms with Gasteiger partial charge in [-0.25, -0.2) is 4.98 Å². The fraction of sp³-hybridized carbons (Fsp3) is 0.308. The molecule has 1 aromatic heterocycles. The van der Waals surface area contributed by atoms with Gasteiger partial charge in [-0.15, -0.1) is 0 Å². The highest BCUT2D eigenvalue weighted by atomic mass is 32.1. The maximum atomic E-state index is 11.9. The van der Waals surface area contributed by atoms with Gasteiger partial charge in [0.1, 0.15) is 5.82 Å². The molecule has 0 saturated carbocycles. The fourth-order valence-electron chi connectivity index (χ4n) is 1.60. The zero-order valence-electron chi connectivity index (χ0n) is 11.0. The Morgan fingerprint density at radius 2 is 2.11 bits per heavy atom. The topological polar surface area (TPSA) is 58.1 Å². The van der Waals surface area contributed by atoms with Gasteiger partial charge in [-0.2, -0.15) is 4.37 Å². The number of aryl methyl sites for hydroxylation is 1. The van der Waals surface area contributed by atoms with Gasteiger partial charge in [-0.05, 0) is 12.5 Å². The van der Waals surface area contributed by atoms with E-state index in [-0.39, 0.29) is 12.5 Å². The van der Waals surface area contributed by atoms with Crippen LogP contribution < -0.4 is 5.32 Å². The number of nitrogens with zero attached hydrogens (tertiary/aromatic N) is 3. The smallest absolute Gasteiger partial charge is 0.241 e. The molecule has 0 bridgehead atoms. The van der Waals surface area contributed by atoms with Crippen LogP contribution in [0.5, 0.6) is 0 Å². The average Bonchev–Trinajstić information content (AvgIpc) is 2.83. The van der Waals surface area contributed by atoms with E-state index in [0.717, 1.165) is 11.4 Å². The van der Waals surface area contributed by atoms with E-state index in [4.69, 9.17) is 0 Å². The van der Waals surface area contributed by atoms with Crippen LogP contribution in [0, 0.1) is 6.92 Å². The van der Waals surface area contributed by atoms with E-state index in [1.54, 1.807) is 11.9 Å². The fourth-order valence-corrected chi connectivity index (χ4v) is 2.17. The predicted molar refractivity (Wildman–Crippen MR) is 76.1 cm³/mol. The van der Waals surface area contributed by atoms with Gasteiger partial charge in [0.2, 0.25) is 11.0 Å². The number of amides is 1. The van der Waals surface area contributed by atoms with Crippen molar-refractivity contribution in [2.24, 2.45) is 0 Å². The lowest BCUT2D eigenvalue weighted by atomic mass is 10.2. The van der Waals surface area contributed by atoms with Crippen LogP contribution >= 0.6 is 11.5 Å². The third kappa shape index (κ3) is 4.03. The van der Waals surface area contributed by atoms with Crippen molar-refractivity contribution in [3.8, 4) is 0 Å². The van der Waals surface area contributed by atoms with Crippen LogP contribution in [0.4, 0.5) is 5.13 Å². The number of nitrogens with one attached hydrogen (secondary N) is 1. The van der Waals surface area contributed by atoms with Crippen molar-refractivity contribution in [1.82, 2.24) is 14.3 Å². The Balaban J connectivity index is 1.82. The summed E-state index contributed by atoms with van der Waals surface area (Å²) in [6.45, 7) is 2.67. The first-order valence-electron chi connectivity index (χ1n) is 5.97. The summed E-state index contributed by atoms with van der Waals surface area (Å²) in [6.07, 6.45) is 0. The number of likely N-dealkylation sites (N-methyl/N-ethyl adjacent to an activating group) is 1. The van der Waals surface area contributed by atoms with Crippen LogP contribution in [0.15, 0.2) is 30.3 Å². The highest BCUT2D eigenvalue weighted by molar-refractivity contribution is 7.09. The van der Waals surface area contributed by atoms with E-state index in [0.29, 0.717) is 11.7 Å². The monoisotopic (exact) mass is 276 g/mol. The molecule has 0 spiro atoms. The number of anilines is 1. The summed E-state index contributed by atoms with van der Waals surface area (Å²) < 4.78 is 4.05. The van der Waals surface area contributed by atoms with Crippen LogP contribution in [0.25, 0.3) is 0 Å². The van der Waals surface area contributed by atoms with E-state index < -0.39 is 0 Å². The summed E-state index contributed by atoms with van der Waals surface area (Å²) in [6, 6.07) is 9.91. The minimum Gasteiger partial charge on any atom is -0.351 e. The third-order valence-electron chi connectivity index (χ3n) is 2.61. The molecule has 1 aromatic carbocycles. The van der Waals surface area contributed by atoms with Crippen molar-refractivity contribution in [3.63, 3.8) is 0 Å². The minimum atomic E-state index is 0.0247. The first-order valence-corrected chi connectivity index (χ1v) is 6.74. The summed E-state index contributed by atoms with van der Waals surface area (Å²) in [7, 11) is 1.79. The van der Waals surface area contributed by atoms with E-state index in [1.807, 2.05) is 37.3 Å². The Hall–Kier alpha value is -1.95. The van der Waals surface area contributed by atoms with Gasteiger partial charge in [0.05, 0.1) is 6.54 Å². The van der Waals surface area contributed by atoms with Gasteiger partial charge < -0.3 is 10.2 Å². The number of hydrogen-bond acceptors (Lipinski definition) is 5. The molecule has 0 unspecified atom stereocenters. The lowest BCUT2D eigenvalue weighted by molar-refractivity contribution is -0.128. The third-order valence-corrected chi connectivity index (χ3v) is 3.37. The lowest BCUT2D eigenvalue weighted by Crippen LogP contribution is -2.31. The Kier molecular flexibility index (Phi) is 4.46. The van der Waals surface area contributed by atoms with Gasteiger partial charge in [-0.3, -0.25) is 4.79 Å². The van der Waals surface area contributed by atoms with Crippen LogP contribution in [0.3, 0.4) is 0 Å². The number of benzene rings is 1. The molecule has 6 heteroatoms. The van der Waals surface area contributed by atoms with Crippen molar-refractivity contribution in [2.75, 3.05) is 18.9 Å². The predicted octanol–water partition coefficient (Wildman–Crippen LogP) is 1.92. The number of carbonyl (C=O) groups is 1. The summed E-state index contributed by atoms with van der Waals surface area (Å²) in [5.74, 6) is 0.745. The molecule has 100 valence electrons. The Morgan fingerprint density at radius 3 is 2.74 bits per heavy atom. The Morgan fingerprint density at radius 1 is 1.37 bits per heavy atom. The average molecular weight is 276 g/mol. The van der Waals surface area contributed by atoms with Gasteiger partial charge in [0, 0.05) is 25.1 Å². The first kappa shape index (κ1) is 13.5. The van der Waals surface area contributed by atoms with Crippen molar-refractivity contribution < 1.29 is 4.79 Å². The molecule has 0 aliphatic carbocycles. The molecule has 0 aliphatic heterocycles. The first-order chi connectivity index (χ1) is 9.15. The molecule has 0 saturated heterocycles. The summed E-state index contributed by atoms with van der Waals surface area (Å²) >= 11 is 1.26. The van der Waals surface area contributed by atoms with Gasteiger partial charge in [0.15, 0.2) is 0 Å². The normalized spacial score (nSPS) is 10.2. The SMILES string of the molecule is Cc1nsc(NCC(=O)N(C)Cc2ccccc2)n1. The van der Waals surface area contributed by atoms with Crippen molar-refractivity contribution >= 4 is 22.6 Å². The van der Waals surface area contributed by atoms with Crippen LogP contribution in [-0.4, -0.2) is 33.8 Å². The molecular formula is C13H16N4OS. The quantitative estimate of drug-likeness (QED) is 0.906. The maximum absolute atomic E-state index is 11.9. The van der Waals surface area contributed by atoms with Crippen LogP contribution in [-0.2, 0) is 11.3 Å². The molecule has 0 aliphatic rings. The lowest BCUT2D eigenvalue weighted by Gasteiger charge is -2.17. The molecule has 5 nitrogen and oxygen atoms in total. The number of hydrogen-bond donors (Lipinski definition) is 1. The van der Waals surface area contributed by atoms with E-state index in [1.165, 1.54) is 11.5 Å². The van der Waals surface area contributed by atoms with E-state index >= 15 is 0 Å². The summed E-state index contributed by atoms with van der Waals surface area (Å²) in [5.41, 5.74) is 1.12. The van der Waals surface area contributed by atoms with E-state index in [2.05, 4.69) is 14.7 Å². The molecule has 2 rings (SSSR count).